The molecule has 25 heavy (non-hydrogen) atoms. The van der Waals surface area contributed by atoms with Gasteiger partial charge < -0.3 is 9.15 Å². The van der Waals surface area contributed by atoms with Gasteiger partial charge in [0.05, 0.1) is 0 Å². The van der Waals surface area contributed by atoms with Gasteiger partial charge in [-0.2, -0.15) is 0 Å². The van der Waals surface area contributed by atoms with Crippen molar-refractivity contribution in [2.45, 2.75) is 6.92 Å². The summed E-state index contributed by atoms with van der Waals surface area (Å²) < 4.78 is 10.7. The Balaban J connectivity index is 1.77. The van der Waals surface area contributed by atoms with E-state index in [1.807, 2.05) is 25.1 Å². The van der Waals surface area contributed by atoms with Gasteiger partial charge in [0.1, 0.15) is 16.9 Å². The van der Waals surface area contributed by atoms with Crippen molar-refractivity contribution >= 4 is 27.7 Å². The van der Waals surface area contributed by atoms with Gasteiger partial charge >= 0.3 is 11.6 Å². The average Bonchev–Trinajstić information content (AvgIpc) is 2.62. The Kier molecular flexibility index (Phi) is 3.54. The summed E-state index contributed by atoms with van der Waals surface area (Å²) in [6.45, 7) is 1.92. The monoisotopic (exact) mass is 331 g/mol. The van der Waals surface area contributed by atoms with Gasteiger partial charge in [0.2, 0.25) is 0 Å². The van der Waals surface area contributed by atoms with Crippen LogP contribution in [0.15, 0.2) is 70.1 Å². The van der Waals surface area contributed by atoms with Crippen molar-refractivity contribution in [3.8, 4) is 5.75 Å². The fourth-order valence-electron chi connectivity index (χ4n) is 2.72. The molecular weight excluding hydrogens is 318 g/mol. The standard InChI is InChI=1S/C20H13NO4/c1-12-5-6-17-14(9-12)10-16(19(22)24-17)20(23)25-18-4-2-3-13-11-21-8-7-15(13)18/h2-11H,1H3. The number of hydrogen-bond donors (Lipinski definition) is 0. The summed E-state index contributed by atoms with van der Waals surface area (Å²) in [7, 11) is 0. The van der Waals surface area contributed by atoms with Gasteiger partial charge in [0.15, 0.2) is 0 Å². The molecule has 0 amide bonds. The molecule has 0 atom stereocenters. The van der Waals surface area contributed by atoms with Crippen molar-refractivity contribution in [3.05, 3.63) is 82.5 Å². The zero-order chi connectivity index (χ0) is 17.4. The minimum atomic E-state index is -0.749. The minimum absolute atomic E-state index is 0.135. The fraction of sp³-hybridized carbons (Fsp3) is 0.0500. The summed E-state index contributed by atoms with van der Waals surface area (Å²) in [4.78, 5) is 28.7. The number of carbonyl (C=O) groups excluding carboxylic acids is 1. The molecule has 0 aliphatic carbocycles. The van der Waals surface area contributed by atoms with E-state index in [2.05, 4.69) is 4.98 Å². The van der Waals surface area contributed by atoms with Crippen molar-refractivity contribution in [2.75, 3.05) is 0 Å². The largest absolute Gasteiger partial charge is 0.422 e. The Morgan fingerprint density at radius 1 is 1.08 bits per heavy atom. The van der Waals surface area contributed by atoms with E-state index in [0.717, 1.165) is 16.3 Å². The minimum Gasteiger partial charge on any atom is -0.422 e. The number of rotatable bonds is 2. The molecule has 0 unspecified atom stereocenters. The quantitative estimate of drug-likeness (QED) is 0.317. The third-order valence-corrected chi connectivity index (χ3v) is 3.95. The highest BCUT2D eigenvalue weighted by atomic mass is 16.5. The molecular formula is C20H13NO4. The lowest BCUT2D eigenvalue weighted by atomic mass is 10.1. The van der Waals surface area contributed by atoms with Crippen molar-refractivity contribution in [1.82, 2.24) is 4.98 Å². The molecule has 4 rings (SSSR count). The molecule has 2 heterocycles. The molecule has 4 aromatic rings. The first kappa shape index (κ1) is 15.1. The third-order valence-electron chi connectivity index (χ3n) is 3.95. The van der Waals surface area contributed by atoms with E-state index >= 15 is 0 Å². The number of aryl methyl sites for hydroxylation is 1. The molecule has 2 aromatic heterocycles. The summed E-state index contributed by atoms with van der Waals surface area (Å²) >= 11 is 0. The predicted octanol–water partition coefficient (Wildman–Crippen LogP) is 3.87. The number of pyridine rings is 1. The fourth-order valence-corrected chi connectivity index (χ4v) is 2.72. The van der Waals surface area contributed by atoms with Crippen LogP contribution < -0.4 is 10.4 Å². The summed E-state index contributed by atoms with van der Waals surface area (Å²) in [6.07, 6.45) is 3.30. The van der Waals surface area contributed by atoms with Crippen LogP contribution in [0, 0.1) is 6.92 Å². The number of fused-ring (bicyclic) bond motifs is 2. The maximum Gasteiger partial charge on any atom is 0.351 e. The Labute approximate surface area is 142 Å². The molecule has 0 aliphatic rings. The highest BCUT2D eigenvalue weighted by Crippen LogP contribution is 2.25. The molecule has 0 saturated carbocycles. The summed E-state index contributed by atoms with van der Waals surface area (Å²) in [5.74, 6) is -0.380. The first-order valence-corrected chi connectivity index (χ1v) is 7.71. The lowest BCUT2D eigenvalue weighted by molar-refractivity contribution is 0.0733. The zero-order valence-electron chi connectivity index (χ0n) is 13.4. The molecule has 122 valence electrons. The van der Waals surface area contributed by atoms with Gasteiger partial charge in [0.25, 0.3) is 0 Å². The highest BCUT2D eigenvalue weighted by molar-refractivity contribution is 5.97. The molecule has 0 aliphatic heterocycles. The Morgan fingerprint density at radius 3 is 2.84 bits per heavy atom. The van der Waals surface area contributed by atoms with Crippen LogP contribution in [0.25, 0.3) is 21.7 Å². The lowest BCUT2D eigenvalue weighted by Crippen LogP contribution is -2.18. The molecule has 5 nitrogen and oxygen atoms in total. The van der Waals surface area contributed by atoms with Crippen LogP contribution in [0.5, 0.6) is 5.75 Å². The summed E-state index contributed by atoms with van der Waals surface area (Å²) in [5, 5.41) is 2.26. The van der Waals surface area contributed by atoms with Gasteiger partial charge in [-0.15, -0.1) is 0 Å². The van der Waals surface area contributed by atoms with Gasteiger partial charge in [-0.05, 0) is 37.3 Å². The van der Waals surface area contributed by atoms with Gasteiger partial charge in [-0.3, -0.25) is 4.98 Å². The second-order valence-electron chi connectivity index (χ2n) is 5.73. The normalized spacial score (nSPS) is 10.9. The first-order chi connectivity index (χ1) is 12.1. The molecule has 0 fully saturated rings. The number of aromatic nitrogens is 1. The van der Waals surface area contributed by atoms with Crippen LogP contribution in [-0.4, -0.2) is 11.0 Å². The molecule has 0 bridgehead atoms. The number of carbonyl (C=O) groups is 1. The van der Waals surface area contributed by atoms with E-state index in [0.29, 0.717) is 16.7 Å². The van der Waals surface area contributed by atoms with Gasteiger partial charge in [0, 0.05) is 28.6 Å². The second kappa shape index (κ2) is 5.87. The molecule has 5 heteroatoms. The maximum absolute atomic E-state index is 12.5. The topological polar surface area (TPSA) is 69.4 Å². The van der Waals surface area contributed by atoms with Crippen LogP contribution in [0.2, 0.25) is 0 Å². The van der Waals surface area contributed by atoms with Crippen LogP contribution in [0.1, 0.15) is 15.9 Å². The third kappa shape index (κ3) is 2.76. The van der Waals surface area contributed by atoms with Crippen LogP contribution in [-0.2, 0) is 0 Å². The van der Waals surface area contributed by atoms with Crippen LogP contribution >= 0.6 is 0 Å². The smallest absolute Gasteiger partial charge is 0.351 e. The van der Waals surface area contributed by atoms with Crippen LogP contribution in [0.4, 0.5) is 0 Å². The molecule has 0 N–H and O–H groups in total. The van der Waals surface area contributed by atoms with E-state index < -0.39 is 11.6 Å². The lowest BCUT2D eigenvalue weighted by Gasteiger charge is -2.07. The molecule has 2 aromatic carbocycles. The number of hydrogen-bond acceptors (Lipinski definition) is 5. The van der Waals surface area contributed by atoms with Gasteiger partial charge in [-0.25, -0.2) is 9.59 Å². The summed E-state index contributed by atoms with van der Waals surface area (Å²) in [6, 6.07) is 14.0. The Bertz CT molecular complexity index is 1170. The predicted molar refractivity (Wildman–Crippen MR) is 93.9 cm³/mol. The van der Waals surface area contributed by atoms with E-state index in [9.17, 15) is 9.59 Å². The Hall–Kier alpha value is -3.47. The van der Waals surface area contributed by atoms with E-state index in [1.54, 1.807) is 36.7 Å². The van der Waals surface area contributed by atoms with Gasteiger partial charge in [-0.1, -0.05) is 23.8 Å². The summed E-state index contributed by atoms with van der Waals surface area (Å²) in [5.41, 5.74) is 0.582. The number of ether oxygens (including phenoxy) is 1. The van der Waals surface area contributed by atoms with Crippen molar-refractivity contribution in [1.29, 1.82) is 0 Å². The number of esters is 1. The molecule has 0 spiro atoms. The van der Waals surface area contributed by atoms with Crippen molar-refractivity contribution < 1.29 is 13.9 Å². The van der Waals surface area contributed by atoms with Crippen molar-refractivity contribution in [3.63, 3.8) is 0 Å². The van der Waals surface area contributed by atoms with E-state index in [1.165, 1.54) is 6.07 Å². The highest BCUT2D eigenvalue weighted by Gasteiger charge is 2.17. The van der Waals surface area contributed by atoms with Crippen LogP contribution in [0.3, 0.4) is 0 Å². The molecule has 0 saturated heterocycles. The zero-order valence-corrected chi connectivity index (χ0v) is 13.4. The first-order valence-electron chi connectivity index (χ1n) is 7.71. The van der Waals surface area contributed by atoms with Crippen molar-refractivity contribution in [2.24, 2.45) is 0 Å². The second-order valence-corrected chi connectivity index (χ2v) is 5.73. The maximum atomic E-state index is 12.5. The number of nitrogens with zero attached hydrogens (tertiary/aromatic N) is 1. The molecule has 0 radical (unpaired) electrons. The average molecular weight is 331 g/mol. The Morgan fingerprint density at radius 2 is 1.96 bits per heavy atom. The van der Waals surface area contributed by atoms with E-state index in [4.69, 9.17) is 9.15 Å². The SMILES string of the molecule is Cc1ccc2oc(=O)c(C(=O)Oc3cccc4cnccc34)cc2c1. The number of benzene rings is 2. The van der Waals surface area contributed by atoms with E-state index in [-0.39, 0.29) is 5.56 Å².